The van der Waals surface area contributed by atoms with Crippen LogP contribution in [0.5, 0.6) is 5.75 Å². The molecule has 6 nitrogen and oxygen atoms in total. The van der Waals surface area contributed by atoms with E-state index in [1.165, 1.54) is 11.5 Å². The van der Waals surface area contributed by atoms with Crippen molar-refractivity contribution in [2.45, 2.75) is 13.8 Å². The molecule has 0 spiro atoms. The fourth-order valence-corrected chi connectivity index (χ4v) is 3.24. The molecule has 1 aromatic heterocycles. The molecule has 122 valence electrons. The minimum atomic E-state index is 0.0290. The molecule has 1 aliphatic heterocycles. The molecule has 1 amide bonds. The summed E-state index contributed by atoms with van der Waals surface area (Å²) in [5, 5.41) is 0.936. The number of carbonyl (C=O) groups is 1. The molecule has 0 aliphatic carbocycles. The lowest BCUT2D eigenvalue weighted by molar-refractivity contribution is -0.133. The predicted molar refractivity (Wildman–Crippen MR) is 90.1 cm³/mol. The van der Waals surface area contributed by atoms with Gasteiger partial charge in [0.1, 0.15) is 11.6 Å². The summed E-state index contributed by atoms with van der Waals surface area (Å²) in [6.07, 6.45) is 0. The zero-order valence-corrected chi connectivity index (χ0v) is 14.2. The lowest BCUT2D eigenvalue weighted by Crippen LogP contribution is -2.50. The van der Waals surface area contributed by atoms with Crippen LogP contribution in [0.1, 0.15) is 11.4 Å². The average molecular weight is 332 g/mol. The molecule has 1 aliphatic rings. The first-order valence-electron chi connectivity index (χ1n) is 7.65. The SMILES string of the molecule is Cc1nsc(N2CCN(C(=O)COc3ccccc3C)CC2)n1. The van der Waals surface area contributed by atoms with Gasteiger partial charge >= 0.3 is 0 Å². The van der Waals surface area contributed by atoms with Crippen LogP contribution in [0.4, 0.5) is 5.13 Å². The highest BCUT2D eigenvalue weighted by atomic mass is 32.1. The number of aryl methyl sites for hydroxylation is 2. The molecule has 2 aromatic rings. The summed E-state index contributed by atoms with van der Waals surface area (Å²) < 4.78 is 9.85. The van der Waals surface area contributed by atoms with Gasteiger partial charge in [-0.15, -0.1) is 0 Å². The number of para-hydroxylation sites is 1. The monoisotopic (exact) mass is 332 g/mol. The summed E-state index contributed by atoms with van der Waals surface area (Å²) in [7, 11) is 0. The molecule has 0 bridgehead atoms. The fraction of sp³-hybridized carbons (Fsp3) is 0.438. The van der Waals surface area contributed by atoms with E-state index >= 15 is 0 Å². The number of ether oxygens (including phenoxy) is 1. The number of benzene rings is 1. The number of nitrogens with zero attached hydrogens (tertiary/aromatic N) is 4. The summed E-state index contributed by atoms with van der Waals surface area (Å²) in [6, 6.07) is 7.73. The van der Waals surface area contributed by atoms with Gasteiger partial charge in [-0.05, 0) is 25.5 Å². The van der Waals surface area contributed by atoms with Crippen molar-refractivity contribution in [3.05, 3.63) is 35.7 Å². The molecule has 1 aromatic carbocycles. The Bertz CT molecular complexity index is 680. The van der Waals surface area contributed by atoms with E-state index in [2.05, 4.69) is 14.3 Å². The van der Waals surface area contributed by atoms with Gasteiger partial charge in [0.15, 0.2) is 6.61 Å². The molecule has 7 heteroatoms. The summed E-state index contributed by atoms with van der Waals surface area (Å²) in [4.78, 5) is 20.7. The molecule has 0 N–H and O–H groups in total. The molecule has 0 radical (unpaired) electrons. The average Bonchev–Trinajstić information content (AvgIpc) is 3.00. The predicted octanol–water partition coefficient (Wildman–Crippen LogP) is 1.88. The van der Waals surface area contributed by atoms with Gasteiger partial charge in [-0.1, -0.05) is 18.2 Å². The van der Waals surface area contributed by atoms with Gasteiger partial charge < -0.3 is 14.5 Å². The van der Waals surface area contributed by atoms with Gasteiger partial charge in [-0.2, -0.15) is 4.37 Å². The van der Waals surface area contributed by atoms with Crippen LogP contribution < -0.4 is 9.64 Å². The lowest BCUT2D eigenvalue weighted by atomic mass is 10.2. The van der Waals surface area contributed by atoms with Crippen molar-refractivity contribution < 1.29 is 9.53 Å². The Hall–Kier alpha value is -2.15. The molecule has 23 heavy (non-hydrogen) atoms. The summed E-state index contributed by atoms with van der Waals surface area (Å²) in [5.74, 6) is 1.60. The molecule has 2 heterocycles. The van der Waals surface area contributed by atoms with Gasteiger partial charge in [0.25, 0.3) is 5.91 Å². The van der Waals surface area contributed by atoms with Crippen LogP contribution in [0.3, 0.4) is 0 Å². The maximum Gasteiger partial charge on any atom is 0.260 e. The van der Waals surface area contributed by atoms with Gasteiger partial charge in [-0.3, -0.25) is 4.79 Å². The number of anilines is 1. The number of carbonyl (C=O) groups excluding carboxylic acids is 1. The van der Waals surface area contributed by atoms with Crippen molar-refractivity contribution in [1.82, 2.24) is 14.3 Å². The largest absolute Gasteiger partial charge is 0.484 e. The second-order valence-electron chi connectivity index (χ2n) is 5.55. The van der Waals surface area contributed by atoms with E-state index in [1.54, 1.807) is 0 Å². The van der Waals surface area contributed by atoms with Gasteiger partial charge in [0.05, 0.1) is 0 Å². The number of hydrogen-bond donors (Lipinski definition) is 0. The van der Waals surface area contributed by atoms with E-state index in [1.807, 2.05) is 43.0 Å². The van der Waals surface area contributed by atoms with Crippen LogP contribution in [0.2, 0.25) is 0 Å². The van der Waals surface area contributed by atoms with Gasteiger partial charge in [0.2, 0.25) is 5.13 Å². The highest BCUT2D eigenvalue weighted by Gasteiger charge is 2.23. The molecule has 3 rings (SSSR count). The Labute approximate surface area is 139 Å². The number of amides is 1. The van der Waals surface area contributed by atoms with Gasteiger partial charge in [-0.25, -0.2) is 4.98 Å². The van der Waals surface area contributed by atoms with Crippen LogP contribution in [0.15, 0.2) is 24.3 Å². The summed E-state index contributed by atoms with van der Waals surface area (Å²) in [6.45, 7) is 6.90. The quantitative estimate of drug-likeness (QED) is 0.856. The van der Waals surface area contributed by atoms with Crippen LogP contribution in [-0.2, 0) is 4.79 Å². The second kappa shape index (κ2) is 6.95. The minimum Gasteiger partial charge on any atom is -0.484 e. The molecule has 1 saturated heterocycles. The molecular formula is C16H20N4O2S. The molecule has 0 saturated carbocycles. The third-order valence-corrected chi connectivity index (χ3v) is 4.73. The highest BCUT2D eigenvalue weighted by molar-refractivity contribution is 7.09. The number of piperazine rings is 1. The van der Waals surface area contributed by atoms with E-state index in [9.17, 15) is 4.79 Å². The normalized spacial score (nSPS) is 14.9. The topological polar surface area (TPSA) is 58.6 Å². The third kappa shape index (κ3) is 3.79. The van der Waals surface area contributed by atoms with Crippen molar-refractivity contribution in [2.24, 2.45) is 0 Å². The Balaban J connectivity index is 1.49. The molecular weight excluding hydrogens is 312 g/mol. The van der Waals surface area contributed by atoms with Crippen LogP contribution in [0.25, 0.3) is 0 Å². The smallest absolute Gasteiger partial charge is 0.260 e. The second-order valence-corrected chi connectivity index (χ2v) is 6.28. The zero-order chi connectivity index (χ0) is 16.2. The van der Waals surface area contributed by atoms with Crippen molar-refractivity contribution in [3.8, 4) is 5.75 Å². The van der Waals surface area contributed by atoms with Crippen LogP contribution in [-0.4, -0.2) is 53.0 Å². The Morgan fingerprint density at radius 2 is 1.96 bits per heavy atom. The maximum atomic E-state index is 12.3. The van der Waals surface area contributed by atoms with Crippen molar-refractivity contribution >= 4 is 22.6 Å². The highest BCUT2D eigenvalue weighted by Crippen LogP contribution is 2.19. The minimum absolute atomic E-state index is 0.0290. The van der Waals surface area contributed by atoms with E-state index in [-0.39, 0.29) is 12.5 Å². The number of hydrogen-bond acceptors (Lipinski definition) is 6. The van der Waals surface area contributed by atoms with Gasteiger partial charge in [0, 0.05) is 37.7 Å². The zero-order valence-electron chi connectivity index (χ0n) is 13.4. The fourth-order valence-electron chi connectivity index (χ4n) is 2.51. The van der Waals surface area contributed by atoms with Crippen molar-refractivity contribution in [2.75, 3.05) is 37.7 Å². The van der Waals surface area contributed by atoms with E-state index < -0.39 is 0 Å². The number of rotatable bonds is 4. The van der Waals surface area contributed by atoms with E-state index in [4.69, 9.17) is 4.74 Å². The van der Waals surface area contributed by atoms with Crippen molar-refractivity contribution in [1.29, 1.82) is 0 Å². The molecule has 0 unspecified atom stereocenters. The Morgan fingerprint density at radius 1 is 1.22 bits per heavy atom. The Kier molecular flexibility index (Phi) is 4.76. The third-order valence-electron chi connectivity index (χ3n) is 3.86. The molecule has 0 atom stereocenters. The first kappa shape index (κ1) is 15.7. The number of aromatic nitrogens is 2. The lowest BCUT2D eigenvalue weighted by Gasteiger charge is -2.34. The van der Waals surface area contributed by atoms with E-state index in [0.717, 1.165) is 35.4 Å². The first-order valence-corrected chi connectivity index (χ1v) is 8.42. The summed E-state index contributed by atoms with van der Waals surface area (Å²) >= 11 is 1.41. The van der Waals surface area contributed by atoms with Crippen molar-refractivity contribution in [3.63, 3.8) is 0 Å². The Morgan fingerprint density at radius 3 is 2.61 bits per heavy atom. The molecule has 1 fully saturated rings. The van der Waals surface area contributed by atoms with Crippen LogP contribution >= 0.6 is 11.5 Å². The van der Waals surface area contributed by atoms with Crippen LogP contribution in [0, 0.1) is 13.8 Å². The first-order chi connectivity index (χ1) is 11.1. The maximum absolute atomic E-state index is 12.3. The summed E-state index contributed by atoms with van der Waals surface area (Å²) in [5.41, 5.74) is 1.04. The standard InChI is InChI=1S/C16H20N4O2S/c1-12-5-3-4-6-14(12)22-11-15(21)19-7-9-20(10-8-19)16-17-13(2)18-23-16/h3-6H,7-11H2,1-2H3. The van der Waals surface area contributed by atoms with E-state index in [0.29, 0.717) is 13.1 Å².